The lowest BCUT2D eigenvalue weighted by atomic mass is 9.43. The van der Waals surface area contributed by atoms with Gasteiger partial charge < -0.3 is 20.2 Å². The second kappa shape index (κ2) is 14.8. The Hall–Kier alpha value is -3.24. The van der Waals surface area contributed by atoms with Gasteiger partial charge in [0, 0.05) is 43.5 Å². The molecular formula is C51H67NO5. The zero-order valence-corrected chi connectivity index (χ0v) is 35.2. The highest BCUT2D eigenvalue weighted by molar-refractivity contribution is 5.92. The van der Waals surface area contributed by atoms with Crippen molar-refractivity contribution in [3.05, 3.63) is 77.4 Å². The predicted octanol–water partition coefficient (Wildman–Crippen LogP) is 8.92. The van der Waals surface area contributed by atoms with E-state index in [-0.39, 0.29) is 22.9 Å². The Labute approximate surface area is 342 Å². The molecule has 0 aliphatic heterocycles. The van der Waals surface area contributed by atoms with Crippen LogP contribution in [0.4, 0.5) is 5.69 Å². The zero-order valence-electron chi connectivity index (χ0n) is 35.2. The van der Waals surface area contributed by atoms with Crippen molar-refractivity contribution in [1.29, 1.82) is 0 Å². The number of aliphatic hydroxyl groups is 3. The van der Waals surface area contributed by atoms with Gasteiger partial charge in [-0.1, -0.05) is 68.2 Å². The average molecular weight is 774 g/mol. The molecule has 8 aliphatic carbocycles. The van der Waals surface area contributed by atoms with E-state index in [1.54, 1.807) is 6.08 Å². The second-order valence-electron chi connectivity index (χ2n) is 20.2. The Morgan fingerprint density at radius 1 is 0.860 bits per heavy atom. The summed E-state index contributed by atoms with van der Waals surface area (Å²) in [5, 5.41) is 32.4. The zero-order chi connectivity index (χ0) is 40.5. The molecule has 0 aromatic heterocycles. The summed E-state index contributed by atoms with van der Waals surface area (Å²) >= 11 is 0. The minimum absolute atomic E-state index is 0.0369. The van der Waals surface area contributed by atoms with Gasteiger partial charge in [0.15, 0.2) is 11.6 Å². The Bertz CT molecular complexity index is 1920. The van der Waals surface area contributed by atoms with E-state index >= 15 is 0 Å². The lowest BCUT2D eigenvalue weighted by Crippen LogP contribution is -2.57. The average Bonchev–Trinajstić information content (AvgIpc) is 3.66. The largest absolute Gasteiger partial charge is 0.392 e. The van der Waals surface area contributed by atoms with Gasteiger partial charge in [-0.25, -0.2) is 0 Å². The molecule has 0 unspecified atom stereocenters. The predicted molar refractivity (Wildman–Crippen MR) is 227 cm³/mol. The summed E-state index contributed by atoms with van der Waals surface area (Å²) in [5.74, 6) is 7.37. The van der Waals surface area contributed by atoms with Crippen LogP contribution in [0.1, 0.15) is 122 Å². The Morgan fingerprint density at radius 2 is 1.60 bits per heavy atom. The molecule has 8 aliphatic rings. The summed E-state index contributed by atoms with van der Waals surface area (Å²) in [6.07, 6.45) is 30.8. The summed E-state index contributed by atoms with van der Waals surface area (Å²) in [6.45, 7) is 6.88. The molecule has 3 N–H and O–H groups in total. The summed E-state index contributed by atoms with van der Waals surface area (Å²) in [6, 6.07) is 9.04. The fraction of sp³-hybridized carbons (Fsp3) is 0.647. The van der Waals surface area contributed by atoms with E-state index in [1.165, 1.54) is 22.4 Å². The smallest absolute Gasteiger partial charge is 0.155 e. The van der Waals surface area contributed by atoms with Crippen LogP contribution in [-0.4, -0.2) is 58.8 Å². The van der Waals surface area contributed by atoms with Crippen molar-refractivity contribution in [2.75, 3.05) is 25.6 Å². The molecule has 13 atom stereocenters. The lowest BCUT2D eigenvalue weighted by molar-refractivity contribution is -0.123. The molecule has 0 radical (unpaired) electrons. The number of nitrogens with zero attached hydrogens (tertiary/aromatic N) is 1. The number of carbonyl (C=O) groups excluding carboxylic acids is 2. The molecular weight excluding hydrogens is 707 g/mol. The van der Waals surface area contributed by atoms with Gasteiger partial charge in [0.2, 0.25) is 0 Å². The van der Waals surface area contributed by atoms with Crippen LogP contribution in [0.5, 0.6) is 0 Å². The molecule has 5 saturated carbocycles. The molecule has 0 bridgehead atoms. The molecule has 5 fully saturated rings. The van der Waals surface area contributed by atoms with Gasteiger partial charge in [-0.05, 0) is 166 Å². The highest BCUT2D eigenvalue weighted by Crippen LogP contribution is 2.71. The molecule has 6 nitrogen and oxygen atoms in total. The topological polar surface area (TPSA) is 98.1 Å². The standard InChI is InChI=1S/C30H41NO3.C21H26O2/c1-28-15-12-23(33)18-21(28)8-11-24-26-13-16-30(34,14-5-17-32)29(26,2)19-25(27(24)28)20-6-9-22(10-7-20)31(3)4;1-3-20-11-9-17-16-8-6-15(22)13-14(16)5-7-18(17)19(20)10-12-21(20,23)4-2/h5-7,9-10,14,18,24-27,32,34H,8,11-13,15-17,19H2,1-4H3;2,10,12-13,16-19,23H,3,5-9,11H2,1H3/b14-5-;/t24-,25+,26-,27+,28-,29-,30-;16-,17+,18+,19-,20-,21-/m00/s1. The molecule has 0 heterocycles. The maximum atomic E-state index is 12.4. The summed E-state index contributed by atoms with van der Waals surface area (Å²) in [5.41, 5.74) is 3.02. The van der Waals surface area contributed by atoms with Crippen molar-refractivity contribution in [2.24, 2.45) is 57.7 Å². The monoisotopic (exact) mass is 774 g/mol. The highest BCUT2D eigenvalue weighted by atomic mass is 16.3. The van der Waals surface area contributed by atoms with E-state index in [4.69, 9.17) is 6.42 Å². The minimum atomic E-state index is -1.07. The number of carbonyl (C=O) groups is 2. The first-order chi connectivity index (χ1) is 27.2. The van der Waals surface area contributed by atoms with Gasteiger partial charge in [0.1, 0.15) is 5.60 Å². The van der Waals surface area contributed by atoms with Gasteiger partial charge in [-0.15, -0.1) is 6.42 Å². The fourth-order valence-electron chi connectivity index (χ4n) is 15.0. The molecule has 57 heavy (non-hydrogen) atoms. The first-order valence-electron chi connectivity index (χ1n) is 22.3. The van der Waals surface area contributed by atoms with Crippen molar-refractivity contribution in [3.63, 3.8) is 0 Å². The van der Waals surface area contributed by atoms with Crippen LogP contribution in [0.15, 0.2) is 71.9 Å². The maximum absolute atomic E-state index is 12.4. The van der Waals surface area contributed by atoms with Crippen molar-refractivity contribution in [3.8, 4) is 12.3 Å². The van der Waals surface area contributed by atoms with Crippen LogP contribution in [0.2, 0.25) is 0 Å². The number of anilines is 1. The maximum Gasteiger partial charge on any atom is 0.155 e. The Morgan fingerprint density at radius 3 is 2.30 bits per heavy atom. The number of hydrogen-bond donors (Lipinski definition) is 3. The number of hydrogen-bond acceptors (Lipinski definition) is 6. The van der Waals surface area contributed by atoms with Gasteiger partial charge in [-0.2, -0.15) is 0 Å². The van der Waals surface area contributed by atoms with E-state index in [2.05, 4.69) is 76.0 Å². The third kappa shape index (κ3) is 6.23. The van der Waals surface area contributed by atoms with Crippen molar-refractivity contribution in [2.45, 2.75) is 128 Å². The van der Waals surface area contributed by atoms with Crippen molar-refractivity contribution >= 4 is 17.3 Å². The van der Waals surface area contributed by atoms with E-state index in [1.807, 2.05) is 24.3 Å². The van der Waals surface area contributed by atoms with E-state index < -0.39 is 11.2 Å². The van der Waals surface area contributed by atoms with Crippen LogP contribution in [-0.2, 0) is 9.59 Å². The molecule has 1 aromatic rings. The lowest BCUT2D eigenvalue weighted by Gasteiger charge is -2.62. The number of ketones is 2. The van der Waals surface area contributed by atoms with Gasteiger partial charge >= 0.3 is 0 Å². The molecule has 0 saturated heterocycles. The number of allylic oxidation sites excluding steroid dienone is 4. The molecule has 6 heteroatoms. The van der Waals surface area contributed by atoms with Crippen LogP contribution in [0.25, 0.3) is 0 Å². The van der Waals surface area contributed by atoms with Crippen LogP contribution >= 0.6 is 0 Å². The number of aliphatic hydroxyl groups excluding tert-OH is 1. The molecule has 1 aromatic carbocycles. The molecule has 306 valence electrons. The SMILES string of the molecule is C#C[C@]1(O)C=C[C@H]2[C@@H]3CCC4=CC(=O)CC[C@@H]4[C@H]3CC[C@@]21CC.CN(C)c1ccc([C@H]2C[C@@]3(C)[C@@H](CC[C@@]3(O)/C=C\CO)[C@@H]3CCC4=CC(=O)CC[C@]4(C)[C@H]32)cc1. The second-order valence-corrected chi connectivity index (χ2v) is 20.2. The van der Waals surface area contributed by atoms with Gasteiger partial charge in [0.25, 0.3) is 0 Å². The van der Waals surface area contributed by atoms with E-state index in [0.29, 0.717) is 71.8 Å². The highest BCUT2D eigenvalue weighted by Gasteiger charge is 2.66. The summed E-state index contributed by atoms with van der Waals surface area (Å²) in [7, 11) is 4.14. The van der Waals surface area contributed by atoms with Crippen LogP contribution < -0.4 is 4.90 Å². The number of rotatable bonds is 5. The Balaban J connectivity index is 0.000000172. The van der Waals surface area contributed by atoms with Crippen molar-refractivity contribution in [1.82, 2.24) is 0 Å². The summed E-state index contributed by atoms with van der Waals surface area (Å²) in [4.78, 5) is 26.2. The van der Waals surface area contributed by atoms with Gasteiger partial charge in [0.05, 0.1) is 12.2 Å². The van der Waals surface area contributed by atoms with Gasteiger partial charge in [-0.3, -0.25) is 9.59 Å². The van der Waals surface area contributed by atoms with Crippen molar-refractivity contribution < 1.29 is 24.9 Å². The fourth-order valence-corrected chi connectivity index (χ4v) is 15.0. The third-order valence-corrected chi connectivity index (χ3v) is 18.0. The molecule has 0 amide bonds. The number of benzene rings is 1. The summed E-state index contributed by atoms with van der Waals surface area (Å²) < 4.78 is 0. The first kappa shape index (κ1) is 40.5. The number of fused-ring (bicyclic) bond motifs is 10. The normalized spacial score (nSPS) is 44.2. The minimum Gasteiger partial charge on any atom is -0.392 e. The van der Waals surface area contributed by atoms with Crippen LogP contribution in [0.3, 0.4) is 0 Å². The third-order valence-electron chi connectivity index (χ3n) is 18.0. The first-order valence-corrected chi connectivity index (χ1v) is 22.3. The molecule has 9 rings (SSSR count). The quantitative estimate of drug-likeness (QED) is 0.204. The molecule has 0 spiro atoms. The number of terminal acetylenes is 1. The van der Waals surface area contributed by atoms with Crippen LogP contribution in [0, 0.1) is 70.0 Å². The van der Waals surface area contributed by atoms with E-state index in [9.17, 15) is 24.9 Å². The van der Waals surface area contributed by atoms with E-state index in [0.717, 1.165) is 77.0 Å². The Kier molecular flexibility index (Phi) is 10.5.